The number of aliphatic hydroxyl groups is 1. The lowest BCUT2D eigenvalue weighted by molar-refractivity contribution is -0.161. The molecule has 97 heavy (non-hydrogen) atoms. The van der Waals surface area contributed by atoms with Crippen molar-refractivity contribution >= 4 is 39.5 Å². The van der Waals surface area contributed by atoms with Crippen LogP contribution in [0, 0.1) is 5.92 Å². The number of ether oxygens (including phenoxy) is 4. The van der Waals surface area contributed by atoms with Crippen LogP contribution >= 0.6 is 15.6 Å². The Morgan fingerprint density at radius 3 is 0.701 bits per heavy atom. The summed E-state index contributed by atoms with van der Waals surface area (Å²) in [5, 5.41) is 10.6. The molecule has 3 N–H and O–H groups in total. The molecule has 2 unspecified atom stereocenters. The van der Waals surface area contributed by atoms with Crippen LogP contribution in [0.2, 0.25) is 0 Å². The molecule has 0 aliphatic carbocycles. The summed E-state index contributed by atoms with van der Waals surface area (Å²) in [6.45, 7) is 7.34. The Labute approximate surface area is 594 Å². The van der Waals surface area contributed by atoms with Crippen molar-refractivity contribution < 1.29 is 80.2 Å². The first-order chi connectivity index (χ1) is 47.0. The maximum Gasteiger partial charge on any atom is 0.472 e. The van der Waals surface area contributed by atoms with Gasteiger partial charge in [0.2, 0.25) is 0 Å². The summed E-state index contributed by atoms with van der Waals surface area (Å²) in [4.78, 5) is 72.9. The van der Waals surface area contributed by atoms with Gasteiger partial charge in [0.05, 0.1) is 26.4 Å². The summed E-state index contributed by atoms with van der Waals surface area (Å²) in [7, 11) is -9.91. The van der Waals surface area contributed by atoms with Gasteiger partial charge in [0, 0.05) is 25.7 Å². The van der Waals surface area contributed by atoms with Gasteiger partial charge in [-0.05, 0) is 31.6 Å². The quantitative estimate of drug-likeness (QED) is 0.0222. The number of hydrogen-bond acceptors (Lipinski definition) is 15. The van der Waals surface area contributed by atoms with Crippen LogP contribution in [-0.2, 0) is 65.4 Å². The average Bonchev–Trinajstić information content (AvgIpc) is 1.20. The van der Waals surface area contributed by atoms with Crippen molar-refractivity contribution in [1.29, 1.82) is 0 Å². The number of carbonyl (C=O) groups is 4. The number of carbonyl (C=O) groups excluding carboxylic acids is 4. The van der Waals surface area contributed by atoms with E-state index in [1.54, 1.807) is 0 Å². The van der Waals surface area contributed by atoms with Crippen LogP contribution in [0.3, 0.4) is 0 Å². The Bertz CT molecular complexity index is 1860. The first kappa shape index (κ1) is 95.1. The van der Waals surface area contributed by atoms with Crippen LogP contribution in [0.15, 0.2) is 0 Å². The Balaban J connectivity index is 5.24. The van der Waals surface area contributed by atoms with Crippen molar-refractivity contribution in [3.63, 3.8) is 0 Å². The molecular weight excluding hydrogens is 1270 g/mol. The molecule has 576 valence electrons. The molecule has 0 saturated carbocycles. The Morgan fingerprint density at radius 2 is 0.474 bits per heavy atom. The molecule has 5 atom stereocenters. The maximum atomic E-state index is 13.1. The third-order valence-corrected chi connectivity index (χ3v) is 20.2. The van der Waals surface area contributed by atoms with Crippen molar-refractivity contribution in [2.75, 3.05) is 39.6 Å². The minimum Gasteiger partial charge on any atom is -0.462 e. The van der Waals surface area contributed by atoms with E-state index in [4.69, 9.17) is 37.0 Å². The second kappa shape index (κ2) is 71.1. The van der Waals surface area contributed by atoms with Gasteiger partial charge in [0.15, 0.2) is 12.2 Å². The second-order valence-corrected chi connectivity index (χ2v) is 31.5. The molecule has 0 rings (SSSR count). The van der Waals surface area contributed by atoms with Crippen LogP contribution in [-0.4, -0.2) is 96.7 Å². The van der Waals surface area contributed by atoms with E-state index in [1.807, 2.05) is 0 Å². The van der Waals surface area contributed by atoms with Crippen LogP contribution in [0.1, 0.15) is 413 Å². The minimum atomic E-state index is -4.96. The van der Waals surface area contributed by atoms with E-state index in [-0.39, 0.29) is 25.7 Å². The average molecular weight is 1420 g/mol. The fourth-order valence-corrected chi connectivity index (χ4v) is 13.6. The molecule has 0 aromatic carbocycles. The molecule has 0 spiro atoms. The first-order valence-electron chi connectivity index (χ1n) is 40.6. The Hall–Kier alpha value is -1.94. The van der Waals surface area contributed by atoms with Gasteiger partial charge in [0.1, 0.15) is 19.3 Å². The van der Waals surface area contributed by atoms with Crippen molar-refractivity contribution in [1.82, 2.24) is 0 Å². The Morgan fingerprint density at radius 1 is 0.278 bits per heavy atom. The zero-order chi connectivity index (χ0) is 71.2. The number of esters is 4. The van der Waals surface area contributed by atoms with Crippen LogP contribution in [0.5, 0.6) is 0 Å². The summed E-state index contributed by atoms with van der Waals surface area (Å²) in [5.41, 5.74) is 0. The third-order valence-electron chi connectivity index (χ3n) is 18.3. The first-order valence-corrected chi connectivity index (χ1v) is 43.6. The molecule has 19 heteroatoms. The lowest BCUT2D eigenvalue weighted by Crippen LogP contribution is -2.30. The number of unbranched alkanes of at least 4 members (excludes halogenated alkanes) is 50. The van der Waals surface area contributed by atoms with Gasteiger partial charge >= 0.3 is 39.5 Å². The topological polar surface area (TPSA) is 237 Å². The fraction of sp³-hybridized carbons (Fsp3) is 0.949. The summed E-state index contributed by atoms with van der Waals surface area (Å²) in [6, 6.07) is 0. The number of hydrogen-bond donors (Lipinski definition) is 3. The molecule has 0 bridgehead atoms. The van der Waals surface area contributed by atoms with E-state index in [0.717, 1.165) is 95.8 Å². The molecule has 17 nitrogen and oxygen atoms in total. The summed E-state index contributed by atoms with van der Waals surface area (Å²) in [5.74, 6) is -1.30. The summed E-state index contributed by atoms with van der Waals surface area (Å²) >= 11 is 0. The molecular formula is C78H152O17P2. The van der Waals surface area contributed by atoms with Gasteiger partial charge < -0.3 is 33.8 Å². The SMILES string of the molecule is CCCCCCCCCCCCCCCCC(=O)OC[C@H](COP(=O)(O)OC[C@@H](O)COP(=O)(O)OC[C@@H](COC(=O)CCCCCCCCCCCCC)OC(=O)CCCCCCCCCCCCCCC)OC(=O)CCCCCCCCCCCCCCCCCCC(C)C. The highest BCUT2D eigenvalue weighted by Gasteiger charge is 2.30. The standard InChI is InChI=1S/C78H152O17P2/c1-6-9-12-15-18-21-24-26-33-37-42-47-52-57-62-76(81)89-68-74(95-78(83)64-59-54-49-44-39-34-30-28-27-29-32-36-40-45-50-55-60-71(4)5)70-93-97(86,87)91-66-72(79)65-90-96(84,85)92-69-73(67-88-75(80)61-56-51-46-41-35-23-20-17-14-11-8-3)94-77(82)63-58-53-48-43-38-31-25-22-19-16-13-10-7-2/h71-74,79H,6-70H2,1-5H3,(H,84,85)(H,86,87)/t72-,73+,74+/m0/s1. The minimum absolute atomic E-state index is 0.108. The summed E-state index contributed by atoms with van der Waals surface area (Å²) < 4.78 is 68.6. The van der Waals surface area contributed by atoms with E-state index >= 15 is 0 Å². The lowest BCUT2D eigenvalue weighted by atomic mass is 10.0. The third kappa shape index (κ3) is 72.2. The molecule has 0 aromatic rings. The predicted molar refractivity (Wildman–Crippen MR) is 395 cm³/mol. The number of phosphoric ester groups is 2. The molecule has 0 heterocycles. The highest BCUT2D eigenvalue weighted by atomic mass is 31.2. The molecule has 0 saturated heterocycles. The molecule has 0 amide bonds. The van der Waals surface area contributed by atoms with E-state index in [1.165, 1.54) is 238 Å². The monoisotopic (exact) mass is 1420 g/mol. The molecule has 0 fully saturated rings. The number of phosphoric acid groups is 2. The van der Waals surface area contributed by atoms with E-state index in [9.17, 15) is 43.2 Å². The maximum absolute atomic E-state index is 13.1. The van der Waals surface area contributed by atoms with Crippen LogP contribution < -0.4 is 0 Å². The number of aliphatic hydroxyl groups excluding tert-OH is 1. The lowest BCUT2D eigenvalue weighted by Gasteiger charge is -2.21. The van der Waals surface area contributed by atoms with Gasteiger partial charge in [-0.2, -0.15) is 0 Å². The number of rotatable bonds is 78. The smallest absolute Gasteiger partial charge is 0.462 e. The normalized spacial score (nSPS) is 13.9. The molecule has 0 radical (unpaired) electrons. The van der Waals surface area contributed by atoms with Gasteiger partial charge in [-0.1, -0.05) is 362 Å². The van der Waals surface area contributed by atoms with Gasteiger partial charge in [-0.3, -0.25) is 37.3 Å². The second-order valence-electron chi connectivity index (χ2n) is 28.6. The van der Waals surface area contributed by atoms with Crippen molar-refractivity contribution in [2.45, 2.75) is 432 Å². The van der Waals surface area contributed by atoms with Gasteiger partial charge in [-0.15, -0.1) is 0 Å². The summed E-state index contributed by atoms with van der Waals surface area (Å²) in [6.07, 6.45) is 60.8. The zero-order valence-corrected chi connectivity index (χ0v) is 65.0. The largest absolute Gasteiger partial charge is 0.472 e. The van der Waals surface area contributed by atoms with Crippen LogP contribution in [0.4, 0.5) is 0 Å². The molecule has 0 aliphatic rings. The Kier molecular flexibility index (Phi) is 69.6. The van der Waals surface area contributed by atoms with Crippen molar-refractivity contribution in [3.8, 4) is 0 Å². The highest BCUT2D eigenvalue weighted by Crippen LogP contribution is 2.45. The van der Waals surface area contributed by atoms with Crippen molar-refractivity contribution in [3.05, 3.63) is 0 Å². The van der Waals surface area contributed by atoms with Gasteiger partial charge in [-0.25, -0.2) is 9.13 Å². The van der Waals surface area contributed by atoms with Crippen LogP contribution in [0.25, 0.3) is 0 Å². The molecule has 0 aromatic heterocycles. The van der Waals surface area contributed by atoms with E-state index in [2.05, 4.69) is 34.6 Å². The molecule has 0 aliphatic heterocycles. The van der Waals surface area contributed by atoms with Crippen molar-refractivity contribution in [2.24, 2.45) is 5.92 Å². The van der Waals surface area contributed by atoms with Gasteiger partial charge in [0.25, 0.3) is 0 Å². The predicted octanol–water partition coefficient (Wildman–Crippen LogP) is 23.3. The zero-order valence-electron chi connectivity index (χ0n) is 63.2. The fourth-order valence-electron chi connectivity index (χ4n) is 12.1. The van der Waals surface area contributed by atoms with E-state index in [0.29, 0.717) is 25.7 Å². The van der Waals surface area contributed by atoms with E-state index < -0.39 is 97.5 Å². The highest BCUT2D eigenvalue weighted by molar-refractivity contribution is 7.47.